The first-order valence-corrected chi connectivity index (χ1v) is 4.35. The summed E-state index contributed by atoms with van der Waals surface area (Å²) in [5, 5.41) is 23.9. The van der Waals surface area contributed by atoms with E-state index in [0.29, 0.717) is 0 Å². The maximum absolute atomic E-state index is 10.6. The van der Waals surface area contributed by atoms with Gasteiger partial charge in [-0.3, -0.25) is 10.1 Å². The third kappa shape index (κ3) is 2.38. The summed E-state index contributed by atoms with van der Waals surface area (Å²) in [6.45, 7) is 0. The molecule has 1 aromatic rings. The highest BCUT2D eigenvalue weighted by atomic mass is 16.6. The Balaban J connectivity index is 3.29. The molecule has 2 N–H and O–H groups in total. The van der Waals surface area contributed by atoms with Crippen LogP contribution in [-0.4, -0.2) is 30.4 Å². The fourth-order valence-electron chi connectivity index (χ4n) is 1.11. The van der Waals surface area contributed by atoms with Crippen LogP contribution in [0.2, 0.25) is 0 Å². The van der Waals surface area contributed by atoms with Crippen molar-refractivity contribution in [1.82, 2.24) is 5.43 Å². The van der Waals surface area contributed by atoms with Crippen LogP contribution in [0.25, 0.3) is 0 Å². The van der Waals surface area contributed by atoms with Crippen molar-refractivity contribution in [3.63, 3.8) is 0 Å². The fourth-order valence-corrected chi connectivity index (χ4v) is 1.11. The Morgan fingerprint density at radius 3 is 2.81 bits per heavy atom. The lowest BCUT2D eigenvalue weighted by atomic mass is 10.2. The van der Waals surface area contributed by atoms with Gasteiger partial charge in [-0.15, -0.1) is 0 Å². The van der Waals surface area contributed by atoms with Gasteiger partial charge in [0.05, 0.1) is 24.3 Å². The van der Waals surface area contributed by atoms with Crippen molar-refractivity contribution >= 4 is 11.9 Å². The lowest BCUT2D eigenvalue weighted by Gasteiger charge is -2.05. The molecule has 0 amide bonds. The molecular formula is C9H11N3O4. The summed E-state index contributed by atoms with van der Waals surface area (Å²) in [5.74, 6) is -0.154. The number of nitrogens with one attached hydrogen (secondary N) is 1. The maximum atomic E-state index is 10.6. The van der Waals surface area contributed by atoms with E-state index in [1.165, 1.54) is 19.4 Å². The van der Waals surface area contributed by atoms with Gasteiger partial charge < -0.3 is 15.3 Å². The number of hydrazone groups is 1. The molecule has 7 nitrogen and oxygen atoms in total. The van der Waals surface area contributed by atoms with Crippen LogP contribution < -0.4 is 10.2 Å². The van der Waals surface area contributed by atoms with Gasteiger partial charge in [-0.1, -0.05) is 0 Å². The summed E-state index contributed by atoms with van der Waals surface area (Å²) in [6, 6.07) is 2.35. The van der Waals surface area contributed by atoms with Crippen LogP contribution in [0.4, 0.5) is 5.69 Å². The van der Waals surface area contributed by atoms with Crippen molar-refractivity contribution < 1.29 is 14.8 Å². The summed E-state index contributed by atoms with van der Waals surface area (Å²) in [7, 11) is 2.89. The van der Waals surface area contributed by atoms with E-state index in [1.807, 2.05) is 0 Å². The second-order valence-electron chi connectivity index (χ2n) is 2.82. The highest BCUT2D eigenvalue weighted by Crippen LogP contribution is 2.33. The van der Waals surface area contributed by atoms with Crippen LogP contribution in [0.5, 0.6) is 11.5 Å². The summed E-state index contributed by atoms with van der Waals surface area (Å²) in [6.07, 6.45) is 1.27. The number of hydrogen-bond donors (Lipinski definition) is 2. The molecule has 0 radical (unpaired) electrons. The van der Waals surface area contributed by atoms with Crippen molar-refractivity contribution in [2.24, 2.45) is 5.10 Å². The first-order valence-electron chi connectivity index (χ1n) is 4.35. The Morgan fingerprint density at radius 2 is 2.31 bits per heavy atom. The molecule has 0 aliphatic rings. The number of nitro benzene ring substituents is 1. The smallest absolute Gasteiger partial charge is 0.274 e. The van der Waals surface area contributed by atoms with Crippen molar-refractivity contribution in [2.45, 2.75) is 0 Å². The summed E-state index contributed by atoms with van der Waals surface area (Å²) in [5.41, 5.74) is 2.51. The first kappa shape index (κ1) is 11.8. The predicted octanol–water partition coefficient (Wildman–Crippen LogP) is 0.862. The molecule has 0 aliphatic carbocycles. The third-order valence-electron chi connectivity index (χ3n) is 1.85. The van der Waals surface area contributed by atoms with E-state index >= 15 is 0 Å². The molecular weight excluding hydrogens is 214 g/mol. The lowest BCUT2D eigenvalue weighted by molar-refractivity contribution is -0.385. The second kappa shape index (κ2) is 4.96. The average Bonchev–Trinajstić information content (AvgIpc) is 2.27. The van der Waals surface area contributed by atoms with Gasteiger partial charge in [-0.25, -0.2) is 0 Å². The standard InChI is InChI=1S/C9H11N3O4/c1-10-11-5-6-3-7(12(14)15)4-8(16-2)9(6)13/h3-5,10,13H,1-2H3/b11-5+. The van der Waals surface area contributed by atoms with E-state index in [0.717, 1.165) is 6.07 Å². The Bertz CT molecular complexity index is 431. The van der Waals surface area contributed by atoms with E-state index in [4.69, 9.17) is 4.74 Å². The monoisotopic (exact) mass is 225 g/mol. The molecule has 0 spiro atoms. The summed E-state index contributed by atoms with van der Waals surface area (Å²) < 4.78 is 4.82. The van der Waals surface area contributed by atoms with E-state index in [1.54, 1.807) is 7.05 Å². The molecule has 0 bridgehead atoms. The van der Waals surface area contributed by atoms with E-state index in [-0.39, 0.29) is 22.7 Å². The van der Waals surface area contributed by atoms with Crippen molar-refractivity contribution in [3.8, 4) is 11.5 Å². The quantitative estimate of drug-likeness (QED) is 0.450. The van der Waals surface area contributed by atoms with Gasteiger partial charge in [0.25, 0.3) is 5.69 Å². The molecule has 0 fully saturated rings. The third-order valence-corrected chi connectivity index (χ3v) is 1.85. The molecule has 0 heterocycles. The average molecular weight is 225 g/mol. The van der Waals surface area contributed by atoms with Crippen LogP contribution >= 0.6 is 0 Å². The Kier molecular flexibility index (Phi) is 3.65. The van der Waals surface area contributed by atoms with Crippen LogP contribution in [-0.2, 0) is 0 Å². The SMILES string of the molecule is CN/N=C/c1cc([N+](=O)[O-])cc(OC)c1O. The lowest BCUT2D eigenvalue weighted by Crippen LogP contribution is -1.98. The van der Waals surface area contributed by atoms with Gasteiger partial charge in [0.1, 0.15) is 0 Å². The molecule has 16 heavy (non-hydrogen) atoms. The van der Waals surface area contributed by atoms with Gasteiger partial charge in [0.2, 0.25) is 0 Å². The zero-order valence-electron chi connectivity index (χ0n) is 8.80. The van der Waals surface area contributed by atoms with Crippen molar-refractivity contribution in [1.29, 1.82) is 0 Å². The fraction of sp³-hybridized carbons (Fsp3) is 0.222. The molecule has 0 unspecified atom stereocenters. The van der Waals surface area contributed by atoms with Crippen LogP contribution in [0, 0.1) is 10.1 Å². The number of benzene rings is 1. The number of nitrogens with zero attached hydrogens (tertiary/aromatic N) is 2. The number of methoxy groups -OCH3 is 1. The molecule has 0 atom stereocenters. The van der Waals surface area contributed by atoms with Gasteiger partial charge in [-0.05, 0) is 0 Å². The molecule has 0 saturated heterocycles. The maximum Gasteiger partial charge on any atom is 0.274 e. The molecule has 1 rings (SSSR count). The number of nitro groups is 1. The molecule has 7 heteroatoms. The zero-order chi connectivity index (χ0) is 12.1. The van der Waals surface area contributed by atoms with Gasteiger partial charge in [0.15, 0.2) is 11.5 Å². The molecule has 86 valence electrons. The highest BCUT2D eigenvalue weighted by molar-refractivity contribution is 5.86. The Labute approximate surface area is 91.5 Å². The van der Waals surface area contributed by atoms with Gasteiger partial charge in [-0.2, -0.15) is 5.10 Å². The highest BCUT2D eigenvalue weighted by Gasteiger charge is 2.15. The number of aromatic hydroxyl groups is 1. The number of phenolic OH excluding ortho intramolecular Hbond substituents is 1. The van der Waals surface area contributed by atoms with Crippen molar-refractivity contribution in [2.75, 3.05) is 14.2 Å². The summed E-state index contributed by atoms with van der Waals surface area (Å²) in [4.78, 5) is 10.0. The van der Waals surface area contributed by atoms with Crippen LogP contribution in [0.1, 0.15) is 5.56 Å². The molecule has 0 aromatic heterocycles. The summed E-state index contributed by atoms with van der Waals surface area (Å²) >= 11 is 0. The number of ether oxygens (including phenoxy) is 1. The second-order valence-corrected chi connectivity index (χ2v) is 2.82. The molecule has 1 aromatic carbocycles. The predicted molar refractivity (Wildman–Crippen MR) is 58.0 cm³/mol. The molecule has 0 saturated carbocycles. The van der Waals surface area contributed by atoms with E-state index < -0.39 is 4.92 Å². The minimum absolute atomic E-state index is 0.0340. The Hall–Kier alpha value is -2.31. The Morgan fingerprint density at radius 1 is 1.62 bits per heavy atom. The minimum Gasteiger partial charge on any atom is -0.504 e. The first-order chi connectivity index (χ1) is 7.60. The van der Waals surface area contributed by atoms with Crippen LogP contribution in [0.3, 0.4) is 0 Å². The number of hydrogen-bond acceptors (Lipinski definition) is 6. The number of non-ortho nitro benzene ring substituents is 1. The number of phenols is 1. The van der Waals surface area contributed by atoms with E-state index in [2.05, 4.69) is 10.5 Å². The zero-order valence-corrected chi connectivity index (χ0v) is 8.80. The molecule has 0 aliphatic heterocycles. The normalized spacial score (nSPS) is 10.4. The van der Waals surface area contributed by atoms with E-state index in [9.17, 15) is 15.2 Å². The van der Waals surface area contributed by atoms with Crippen LogP contribution in [0.15, 0.2) is 17.2 Å². The van der Waals surface area contributed by atoms with Crippen molar-refractivity contribution in [3.05, 3.63) is 27.8 Å². The van der Waals surface area contributed by atoms with Gasteiger partial charge in [0, 0.05) is 18.7 Å². The topological polar surface area (TPSA) is 97.0 Å². The largest absolute Gasteiger partial charge is 0.504 e. The minimum atomic E-state index is -0.571. The number of rotatable bonds is 4. The van der Waals surface area contributed by atoms with Gasteiger partial charge >= 0.3 is 0 Å².